The Kier molecular flexibility index (Phi) is 6.64. The molecule has 0 aliphatic carbocycles. The molecule has 2 heterocycles. The summed E-state index contributed by atoms with van der Waals surface area (Å²) in [5.74, 6) is 0.997. The van der Waals surface area contributed by atoms with Gasteiger partial charge in [-0.05, 0) is 26.3 Å². The van der Waals surface area contributed by atoms with Gasteiger partial charge in [0, 0.05) is 38.8 Å². The first-order valence-corrected chi connectivity index (χ1v) is 9.82. The maximum atomic E-state index is 12.9. The zero-order valence-corrected chi connectivity index (χ0v) is 17.1. The first-order chi connectivity index (χ1) is 14.0. The summed E-state index contributed by atoms with van der Waals surface area (Å²) in [5.41, 5.74) is 2.70. The van der Waals surface area contributed by atoms with E-state index in [0.717, 1.165) is 5.56 Å². The fraction of sp³-hybridized carbons (Fsp3) is 0.429. The third-order valence-electron chi connectivity index (χ3n) is 4.74. The van der Waals surface area contributed by atoms with Gasteiger partial charge in [0.25, 0.3) is 5.91 Å². The number of nitrogens with zero attached hydrogens (tertiary/aromatic N) is 4. The van der Waals surface area contributed by atoms with Crippen LogP contribution in [0.15, 0.2) is 30.3 Å². The number of aromatic nitrogens is 2. The quantitative estimate of drug-likeness (QED) is 0.835. The maximum absolute atomic E-state index is 12.9. The molecule has 8 nitrogen and oxygen atoms in total. The van der Waals surface area contributed by atoms with Crippen LogP contribution in [0.1, 0.15) is 34.4 Å². The van der Waals surface area contributed by atoms with E-state index in [-0.39, 0.29) is 12.0 Å². The molecule has 0 atom stereocenters. The number of aryl methyl sites for hydroxylation is 2. The minimum Gasteiger partial charge on any atom is -0.450 e. The van der Waals surface area contributed by atoms with E-state index < -0.39 is 0 Å². The Bertz CT molecular complexity index is 861. The average molecular weight is 397 g/mol. The largest absolute Gasteiger partial charge is 0.450 e. The van der Waals surface area contributed by atoms with Crippen LogP contribution in [0.25, 0.3) is 0 Å². The molecule has 1 N–H and O–H groups in total. The van der Waals surface area contributed by atoms with Crippen LogP contribution in [-0.2, 0) is 11.3 Å². The molecule has 0 radical (unpaired) electrons. The number of ether oxygens (including phenoxy) is 1. The molecule has 0 bridgehead atoms. The van der Waals surface area contributed by atoms with Crippen molar-refractivity contribution in [1.82, 2.24) is 19.8 Å². The van der Waals surface area contributed by atoms with Gasteiger partial charge in [-0.2, -0.15) is 0 Å². The number of hydrogen-bond acceptors (Lipinski definition) is 6. The van der Waals surface area contributed by atoms with Crippen molar-refractivity contribution in [2.75, 3.05) is 38.1 Å². The van der Waals surface area contributed by atoms with Crippen molar-refractivity contribution in [3.05, 3.63) is 53.0 Å². The number of rotatable bonds is 5. The molecule has 1 aromatic heterocycles. The van der Waals surface area contributed by atoms with Crippen LogP contribution in [0.4, 0.5) is 10.6 Å². The van der Waals surface area contributed by atoms with Crippen LogP contribution < -0.4 is 5.32 Å². The Balaban J connectivity index is 1.62. The molecule has 1 saturated heterocycles. The summed E-state index contributed by atoms with van der Waals surface area (Å²) < 4.78 is 5.02. The summed E-state index contributed by atoms with van der Waals surface area (Å²) in [6.07, 6.45) is -0.333. The highest BCUT2D eigenvalue weighted by molar-refractivity contribution is 5.93. The Morgan fingerprint density at radius 2 is 1.69 bits per heavy atom. The summed E-state index contributed by atoms with van der Waals surface area (Å²) in [4.78, 5) is 36.7. The van der Waals surface area contributed by atoms with E-state index in [4.69, 9.17) is 4.74 Å². The van der Waals surface area contributed by atoms with Crippen molar-refractivity contribution < 1.29 is 14.3 Å². The smallest absolute Gasteiger partial charge is 0.409 e. The highest BCUT2D eigenvalue weighted by atomic mass is 16.6. The van der Waals surface area contributed by atoms with E-state index in [2.05, 4.69) is 46.5 Å². The fourth-order valence-corrected chi connectivity index (χ4v) is 3.14. The molecular formula is C21H27N5O3. The van der Waals surface area contributed by atoms with Gasteiger partial charge in [0.1, 0.15) is 17.3 Å². The second kappa shape index (κ2) is 9.36. The Labute approximate surface area is 170 Å². The molecule has 1 aliphatic rings. The number of carbonyl (C=O) groups is 2. The molecule has 1 aromatic carbocycles. The molecule has 2 amide bonds. The van der Waals surface area contributed by atoms with E-state index in [1.807, 2.05) is 0 Å². The number of amides is 2. The topological polar surface area (TPSA) is 87.7 Å². The minimum absolute atomic E-state index is 0.155. The van der Waals surface area contributed by atoms with Gasteiger partial charge < -0.3 is 19.9 Å². The lowest BCUT2D eigenvalue weighted by molar-refractivity contribution is 0.0565. The maximum Gasteiger partial charge on any atom is 0.409 e. The van der Waals surface area contributed by atoms with Crippen LogP contribution >= 0.6 is 0 Å². The predicted octanol–water partition coefficient (Wildman–Crippen LogP) is 2.62. The van der Waals surface area contributed by atoms with Gasteiger partial charge >= 0.3 is 6.09 Å². The van der Waals surface area contributed by atoms with Crippen LogP contribution in [-0.4, -0.2) is 64.6 Å². The minimum atomic E-state index is -0.333. The lowest BCUT2D eigenvalue weighted by atomic mass is 10.1. The van der Waals surface area contributed by atoms with Crippen LogP contribution in [0.3, 0.4) is 0 Å². The van der Waals surface area contributed by atoms with Crippen LogP contribution in [0.2, 0.25) is 0 Å². The SMILES string of the molecule is CCOC(=O)N1CCN(C(=O)c2cc(NCc3ccc(C)cc3)nc(C)n2)CC1. The molecule has 0 spiro atoms. The first kappa shape index (κ1) is 20.6. The van der Waals surface area contributed by atoms with Crippen molar-refractivity contribution in [2.45, 2.75) is 27.3 Å². The molecule has 0 unspecified atom stereocenters. The Hall–Kier alpha value is -3.16. The zero-order chi connectivity index (χ0) is 20.8. The molecule has 1 aliphatic heterocycles. The standard InChI is InChI=1S/C21H27N5O3/c1-4-29-21(28)26-11-9-25(10-12-26)20(27)18-13-19(24-16(3)23-18)22-14-17-7-5-15(2)6-8-17/h5-8,13H,4,9-12,14H2,1-3H3,(H,22,23,24). The highest BCUT2D eigenvalue weighted by Gasteiger charge is 2.26. The van der Waals surface area contributed by atoms with Crippen molar-refractivity contribution in [3.8, 4) is 0 Å². The Morgan fingerprint density at radius 3 is 2.34 bits per heavy atom. The van der Waals surface area contributed by atoms with Crippen LogP contribution in [0, 0.1) is 13.8 Å². The van der Waals surface area contributed by atoms with E-state index in [9.17, 15) is 9.59 Å². The number of carbonyl (C=O) groups excluding carboxylic acids is 2. The third-order valence-corrected chi connectivity index (χ3v) is 4.74. The number of hydrogen-bond donors (Lipinski definition) is 1. The molecule has 29 heavy (non-hydrogen) atoms. The van der Waals surface area contributed by atoms with E-state index in [0.29, 0.717) is 56.7 Å². The number of nitrogens with one attached hydrogen (secondary N) is 1. The first-order valence-electron chi connectivity index (χ1n) is 9.82. The Morgan fingerprint density at radius 1 is 1.03 bits per heavy atom. The van der Waals surface area contributed by atoms with Gasteiger partial charge in [0.2, 0.25) is 0 Å². The summed E-state index contributed by atoms with van der Waals surface area (Å²) in [7, 11) is 0. The second-order valence-corrected chi connectivity index (χ2v) is 7.00. The van der Waals surface area contributed by atoms with E-state index >= 15 is 0 Å². The molecular weight excluding hydrogens is 370 g/mol. The fourth-order valence-electron chi connectivity index (χ4n) is 3.14. The van der Waals surface area contributed by atoms with Crippen molar-refractivity contribution >= 4 is 17.8 Å². The van der Waals surface area contributed by atoms with E-state index in [1.165, 1.54) is 5.56 Å². The van der Waals surface area contributed by atoms with Gasteiger partial charge in [-0.1, -0.05) is 29.8 Å². The molecule has 8 heteroatoms. The van der Waals surface area contributed by atoms with Gasteiger partial charge in [-0.25, -0.2) is 14.8 Å². The molecule has 0 saturated carbocycles. The summed E-state index contributed by atoms with van der Waals surface area (Å²) in [6, 6.07) is 9.93. The summed E-state index contributed by atoms with van der Waals surface area (Å²) >= 11 is 0. The van der Waals surface area contributed by atoms with Gasteiger partial charge in [-0.15, -0.1) is 0 Å². The third kappa shape index (κ3) is 5.43. The average Bonchev–Trinajstić information content (AvgIpc) is 2.73. The highest BCUT2D eigenvalue weighted by Crippen LogP contribution is 2.13. The van der Waals surface area contributed by atoms with E-state index in [1.54, 1.807) is 29.7 Å². The van der Waals surface area contributed by atoms with Crippen LogP contribution in [0.5, 0.6) is 0 Å². The lowest BCUT2D eigenvalue weighted by Crippen LogP contribution is -2.50. The second-order valence-electron chi connectivity index (χ2n) is 7.00. The molecule has 154 valence electrons. The number of benzene rings is 1. The van der Waals surface area contributed by atoms with Gasteiger partial charge in [0.15, 0.2) is 0 Å². The molecule has 1 fully saturated rings. The molecule has 2 aromatic rings. The zero-order valence-electron chi connectivity index (χ0n) is 17.1. The van der Waals surface area contributed by atoms with Gasteiger partial charge in [0.05, 0.1) is 6.61 Å². The normalized spacial score (nSPS) is 13.9. The number of anilines is 1. The van der Waals surface area contributed by atoms with Crippen molar-refractivity contribution in [1.29, 1.82) is 0 Å². The predicted molar refractivity (Wildman–Crippen MR) is 110 cm³/mol. The monoisotopic (exact) mass is 397 g/mol. The lowest BCUT2D eigenvalue weighted by Gasteiger charge is -2.33. The summed E-state index contributed by atoms with van der Waals surface area (Å²) in [5, 5.41) is 3.26. The summed E-state index contributed by atoms with van der Waals surface area (Å²) in [6.45, 7) is 8.36. The van der Waals surface area contributed by atoms with Gasteiger partial charge in [-0.3, -0.25) is 4.79 Å². The van der Waals surface area contributed by atoms with Crippen molar-refractivity contribution in [2.24, 2.45) is 0 Å². The van der Waals surface area contributed by atoms with Crippen molar-refractivity contribution in [3.63, 3.8) is 0 Å². The molecule has 3 rings (SSSR count). The number of piperazine rings is 1.